The van der Waals surface area contributed by atoms with Crippen LogP contribution in [0.25, 0.3) is 0 Å². The number of aliphatic hydroxyl groups excluding tert-OH is 1. The van der Waals surface area contributed by atoms with E-state index in [1.807, 2.05) is 0 Å². The number of aliphatic hydroxyl groups is 1. The van der Waals surface area contributed by atoms with Crippen LogP contribution in [0.5, 0.6) is 0 Å². The van der Waals surface area contributed by atoms with Gasteiger partial charge < -0.3 is 21.1 Å². The van der Waals surface area contributed by atoms with Gasteiger partial charge in [-0.1, -0.05) is 23.2 Å². The zero-order chi connectivity index (χ0) is 18.0. The van der Waals surface area contributed by atoms with E-state index in [0.717, 1.165) is 19.5 Å². The highest BCUT2D eigenvalue weighted by molar-refractivity contribution is 6.35. The minimum atomic E-state index is -0.553. The Morgan fingerprint density at radius 1 is 1.19 bits per heavy atom. The summed E-state index contributed by atoms with van der Waals surface area (Å²) in [6.07, 6.45) is 0.884. The van der Waals surface area contributed by atoms with Crippen molar-refractivity contribution < 1.29 is 14.7 Å². The van der Waals surface area contributed by atoms with E-state index in [-0.39, 0.29) is 41.5 Å². The summed E-state index contributed by atoms with van der Waals surface area (Å²) in [7, 11) is 0. The number of hydrogen-bond donors (Lipinski definition) is 4. The topological polar surface area (TPSA) is 90.5 Å². The van der Waals surface area contributed by atoms with Crippen LogP contribution in [0.4, 0.5) is 0 Å². The van der Waals surface area contributed by atoms with Crippen LogP contribution in [0.15, 0.2) is 18.2 Å². The molecule has 1 heterocycles. The van der Waals surface area contributed by atoms with Gasteiger partial charge in [0.1, 0.15) is 0 Å². The molecule has 0 aromatic heterocycles. The van der Waals surface area contributed by atoms with Crippen LogP contribution < -0.4 is 16.0 Å². The van der Waals surface area contributed by atoms with Gasteiger partial charge in [-0.25, -0.2) is 0 Å². The van der Waals surface area contributed by atoms with Crippen molar-refractivity contribution in [2.75, 3.05) is 19.6 Å². The van der Waals surface area contributed by atoms with Crippen LogP contribution in [0.3, 0.4) is 0 Å². The predicted octanol–water partition coefficient (Wildman–Crippen LogP) is 1.62. The molecule has 1 aliphatic carbocycles. The normalized spacial score (nSPS) is 27.2. The van der Waals surface area contributed by atoms with Gasteiger partial charge in [0, 0.05) is 5.02 Å². The number of nitrogens with one attached hydrogen (secondary N) is 3. The van der Waals surface area contributed by atoms with Crippen LogP contribution in [0, 0.1) is 11.8 Å². The fourth-order valence-electron chi connectivity index (χ4n) is 3.64. The molecule has 4 N–H and O–H groups in total. The van der Waals surface area contributed by atoms with E-state index in [1.165, 1.54) is 12.1 Å². The Kier molecular flexibility index (Phi) is 7.55. The van der Waals surface area contributed by atoms with Crippen LogP contribution >= 0.6 is 35.6 Å². The third-order valence-electron chi connectivity index (χ3n) is 4.97. The lowest BCUT2D eigenvalue weighted by atomic mass is 9.77. The standard InChI is InChI=1S/C17H21Cl2N3O3.ClH/c18-11-1-2-13(19)12(5-11)17(25)21-8-16(24)22-14-3-9-6-20-7-10(9)4-15(14)23;/h1-2,5,9-10,14-15,20,23H,3-4,6-8H2,(H,21,25)(H,22,24);1H/t9-,10+,14-,15-;/m0./s1. The maximum atomic E-state index is 12.1. The van der Waals surface area contributed by atoms with Crippen LogP contribution in [0.1, 0.15) is 23.2 Å². The molecule has 26 heavy (non-hydrogen) atoms. The van der Waals surface area contributed by atoms with Crippen LogP contribution in [-0.4, -0.2) is 48.7 Å². The van der Waals surface area contributed by atoms with E-state index in [9.17, 15) is 14.7 Å². The summed E-state index contributed by atoms with van der Waals surface area (Å²) in [6, 6.07) is 4.29. The number of fused-ring (bicyclic) bond motifs is 1. The fourth-order valence-corrected chi connectivity index (χ4v) is 4.01. The minimum absolute atomic E-state index is 0. The summed E-state index contributed by atoms with van der Waals surface area (Å²) in [5.74, 6) is 0.160. The molecule has 9 heteroatoms. The molecule has 2 amide bonds. The monoisotopic (exact) mass is 421 g/mol. The molecule has 2 fully saturated rings. The van der Waals surface area contributed by atoms with Gasteiger partial charge in [-0.2, -0.15) is 0 Å². The first-order chi connectivity index (χ1) is 11.9. The molecular formula is C17H22Cl3N3O3. The zero-order valence-electron chi connectivity index (χ0n) is 14.0. The first kappa shape index (κ1) is 21.3. The number of carbonyl (C=O) groups is 2. The third-order valence-corrected chi connectivity index (χ3v) is 5.54. The van der Waals surface area contributed by atoms with Gasteiger partial charge in [-0.05, 0) is 56.0 Å². The second-order valence-corrected chi connectivity index (χ2v) is 7.54. The van der Waals surface area contributed by atoms with Gasteiger partial charge in [0.2, 0.25) is 5.91 Å². The Balaban J connectivity index is 0.00000243. The van der Waals surface area contributed by atoms with Crippen molar-refractivity contribution >= 4 is 47.4 Å². The summed E-state index contributed by atoms with van der Waals surface area (Å²) in [5.41, 5.74) is 0.222. The zero-order valence-corrected chi connectivity index (χ0v) is 16.3. The lowest BCUT2D eigenvalue weighted by Gasteiger charge is -2.35. The summed E-state index contributed by atoms with van der Waals surface area (Å²) >= 11 is 11.8. The first-order valence-corrected chi connectivity index (χ1v) is 9.11. The van der Waals surface area contributed by atoms with Crippen LogP contribution in [-0.2, 0) is 4.79 Å². The summed E-state index contributed by atoms with van der Waals surface area (Å²) in [5, 5.41) is 19.6. The van der Waals surface area contributed by atoms with E-state index in [2.05, 4.69) is 16.0 Å². The molecule has 144 valence electrons. The number of carbonyl (C=O) groups excluding carboxylic acids is 2. The van der Waals surface area contributed by atoms with Gasteiger partial charge in [0.05, 0.1) is 29.3 Å². The fraction of sp³-hybridized carbons (Fsp3) is 0.529. The van der Waals surface area contributed by atoms with E-state index in [1.54, 1.807) is 6.07 Å². The van der Waals surface area contributed by atoms with Gasteiger partial charge in [0.25, 0.3) is 5.91 Å². The summed E-state index contributed by atoms with van der Waals surface area (Å²) in [6.45, 7) is 1.67. The molecule has 0 radical (unpaired) electrons. The molecule has 0 spiro atoms. The molecule has 4 atom stereocenters. The molecule has 0 unspecified atom stereocenters. The average molecular weight is 423 g/mol. The smallest absolute Gasteiger partial charge is 0.253 e. The Morgan fingerprint density at radius 3 is 2.62 bits per heavy atom. The SMILES string of the molecule is Cl.O=C(CNC(=O)c1cc(Cl)ccc1Cl)N[C@H]1C[C@H]2CNC[C@H]2C[C@@H]1O. The minimum Gasteiger partial charge on any atom is -0.391 e. The molecule has 2 aliphatic rings. The number of hydrogen-bond acceptors (Lipinski definition) is 4. The maximum Gasteiger partial charge on any atom is 0.253 e. The van der Waals surface area contributed by atoms with Crippen molar-refractivity contribution in [2.24, 2.45) is 11.8 Å². The maximum absolute atomic E-state index is 12.1. The first-order valence-electron chi connectivity index (χ1n) is 8.35. The van der Waals surface area contributed by atoms with E-state index in [4.69, 9.17) is 23.2 Å². The molecule has 1 aromatic rings. The Labute approximate surface area is 168 Å². The molecule has 1 saturated carbocycles. The average Bonchev–Trinajstić information content (AvgIpc) is 3.02. The second-order valence-electron chi connectivity index (χ2n) is 6.70. The molecule has 6 nitrogen and oxygen atoms in total. The van der Waals surface area contributed by atoms with Crippen molar-refractivity contribution in [3.05, 3.63) is 33.8 Å². The van der Waals surface area contributed by atoms with Gasteiger partial charge >= 0.3 is 0 Å². The number of halogens is 3. The molecule has 0 bridgehead atoms. The highest BCUT2D eigenvalue weighted by Crippen LogP contribution is 2.32. The Bertz CT molecular complexity index is 674. The van der Waals surface area contributed by atoms with Crippen molar-refractivity contribution in [2.45, 2.75) is 25.0 Å². The lowest BCUT2D eigenvalue weighted by Crippen LogP contribution is -2.51. The van der Waals surface area contributed by atoms with Crippen molar-refractivity contribution in [3.63, 3.8) is 0 Å². The summed E-state index contributed by atoms with van der Waals surface area (Å²) in [4.78, 5) is 24.3. The number of benzene rings is 1. The Morgan fingerprint density at radius 2 is 1.88 bits per heavy atom. The number of amides is 2. The molecular weight excluding hydrogens is 401 g/mol. The molecule has 3 rings (SSSR count). The van der Waals surface area contributed by atoms with Crippen LogP contribution in [0.2, 0.25) is 10.0 Å². The van der Waals surface area contributed by atoms with E-state index < -0.39 is 12.0 Å². The van der Waals surface area contributed by atoms with Crippen molar-refractivity contribution in [1.82, 2.24) is 16.0 Å². The van der Waals surface area contributed by atoms with E-state index in [0.29, 0.717) is 23.3 Å². The predicted molar refractivity (Wildman–Crippen MR) is 103 cm³/mol. The van der Waals surface area contributed by atoms with Gasteiger partial charge in [-0.15, -0.1) is 12.4 Å². The van der Waals surface area contributed by atoms with Crippen molar-refractivity contribution in [3.8, 4) is 0 Å². The highest BCUT2D eigenvalue weighted by Gasteiger charge is 2.39. The van der Waals surface area contributed by atoms with Gasteiger partial charge in [-0.3, -0.25) is 9.59 Å². The van der Waals surface area contributed by atoms with Gasteiger partial charge in [0.15, 0.2) is 0 Å². The lowest BCUT2D eigenvalue weighted by molar-refractivity contribution is -0.122. The molecule has 1 saturated heterocycles. The summed E-state index contributed by atoms with van der Waals surface area (Å²) < 4.78 is 0. The molecule has 1 aromatic carbocycles. The van der Waals surface area contributed by atoms with E-state index >= 15 is 0 Å². The number of rotatable bonds is 4. The second kappa shape index (κ2) is 9.24. The highest BCUT2D eigenvalue weighted by atomic mass is 35.5. The molecule has 1 aliphatic heterocycles. The Hall–Kier alpha value is -1.05. The van der Waals surface area contributed by atoms with Crippen molar-refractivity contribution in [1.29, 1.82) is 0 Å². The quantitative estimate of drug-likeness (QED) is 0.593. The third kappa shape index (κ3) is 5.02. The largest absolute Gasteiger partial charge is 0.391 e.